The molecule has 0 heterocycles. The molecule has 0 saturated heterocycles. The monoisotopic (exact) mass is 293 g/mol. The lowest BCUT2D eigenvalue weighted by Gasteiger charge is -2.10. The van der Waals surface area contributed by atoms with E-state index in [0.29, 0.717) is 5.69 Å². The number of rotatable bonds is 6. The Hall–Kier alpha value is -2.37. The van der Waals surface area contributed by atoms with Crippen molar-refractivity contribution in [3.8, 4) is 0 Å². The number of methoxy groups -OCH3 is 1. The predicted molar refractivity (Wildman–Crippen MR) is 77.0 cm³/mol. The lowest BCUT2D eigenvalue weighted by molar-refractivity contribution is -0.144. The van der Waals surface area contributed by atoms with Gasteiger partial charge >= 0.3 is 11.9 Å². The van der Waals surface area contributed by atoms with Gasteiger partial charge in [0, 0.05) is 6.42 Å². The third-order valence-corrected chi connectivity index (χ3v) is 2.72. The van der Waals surface area contributed by atoms with Gasteiger partial charge in [0.15, 0.2) is 0 Å². The molecule has 0 atom stereocenters. The molecule has 1 aromatic rings. The van der Waals surface area contributed by atoms with Crippen molar-refractivity contribution in [2.45, 2.75) is 26.7 Å². The molecular formula is C15H19NO5. The van der Waals surface area contributed by atoms with Gasteiger partial charge in [-0.25, -0.2) is 4.79 Å². The van der Waals surface area contributed by atoms with Gasteiger partial charge in [-0.3, -0.25) is 9.59 Å². The largest absolute Gasteiger partial charge is 0.466 e. The number of aryl methyl sites for hydroxylation is 1. The van der Waals surface area contributed by atoms with Crippen LogP contribution in [0.25, 0.3) is 0 Å². The van der Waals surface area contributed by atoms with E-state index in [-0.39, 0.29) is 30.9 Å². The Balaban J connectivity index is 2.73. The van der Waals surface area contributed by atoms with Gasteiger partial charge in [-0.05, 0) is 31.5 Å². The molecule has 0 aliphatic carbocycles. The molecule has 0 unspecified atom stereocenters. The summed E-state index contributed by atoms with van der Waals surface area (Å²) in [5.74, 6) is -1.32. The van der Waals surface area contributed by atoms with Gasteiger partial charge in [0.1, 0.15) is 0 Å². The summed E-state index contributed by atoms with van der Waals surface area (Å²) in [5, 5.41) is 2.62. The van der Waals surface area contributed by atoms with E-state index < -0.39 is 11.9 Å². The Kier molecular flexibility index (Phi) is 6.39. The SMILES string of the molecule is CCOC(=O)CCC(=O)Nc1cc(C)ccc1C(=O)OC. The van der Waals surface area contributed by atoms with E-state index in [9.17, 15) is 14.4 Å². The zero-order valence-electron chi connectivity index (χ0n) is 12.4. The molecule has 6 heteroatoms. The number of ether oxygens (including phenoxy) is 2. The first-order valence-corrected chi connectivity index (χ1v) is 6.62. The standard InChI is InChI=1S/C15H19NO5/c1-4-21-14(18)8-7-13(17)16-12-9-10(2)5-6-11(12)15(19)20-3/h5-6,9H,4,7-8H2,1-3H3,(H,16,17). The number of amides is 1. The van der Waals surface area contributed by atoms with Crippen LogP contribution in [0.3, 0.4) is 0 Å². The Morgan fingerprint density at radius 3 is 2.52 bits per heavy atom. The van der Waals surface area contributed by atoms with Crippen LogP contribution in [0.15, 0.2) is 18.2 Å². The van der Waals surface area contributed by atoms with Gasteiger partial charge in [-0.15, -0.1) is 0 Å². The van der Waals surface area contributed by atoms with E-state index in [1.54, 1.807) is 25.1 Å². The molecule has 0 aliphatic heterocycles. The van der Waals surface area contributed by atoms with Gasteiger partial charge in [0.2, 0.25) is 5.91 Å². The maximum Gasteiger partial charge on any atom is 0.339 e. The van der Waals surface area contributed by atoms with E-state index in [2.05, 4.69) is 10.1 Å². The van der Waals surface area contributed by atoms with Crippen molar-refractivity contribution in [3.05, 3.63) is 29.3 Å². The first-order valence-electron chi connectivity index (χ1n) is 6.62. The second-order valence-electron chi connectivity index (χ2n) is 4.39. The normalized spacial score (nSPS) is 9.86. The fourth-order valence-corrected chi connectivity index (χ4v) is 1.71. The van der Waals surface area contributed by atoms with Gasteiger partial charge in [0.25, 0.3) is 0 Å². The zero-order chi connectivity index (χ0) is 15.8. The average molecular weight is 293 g/mol. The van der Waals surface area contributed by atoms with Crippen LogP contribution in [0.2, 0.25) is 0 Å². The highest BCUT2D eigenvalue weighted by molar-refractivity contribution is 6.01. The molecule has 0 spiro atoms. The highest BCUT2D eigenvalue weighted by Crippen LogP contribution is 2.19. The van der Waals surface area contributed by atoms with Gasteiger partial charge < -0.3 is 14.8 Å². The molecule has 1 amide bonds. The van der Waals surface area contributed by atoms with Crippen LogP contribution in [0.1, 0.15) is 35.7 Å². The average Bonchev–Trinajstić information content (AvgIpc) is 2.45. The zero-order valence-corrected chi connectivity index (χ0v) is 12.4. The second kappa shape index (κ2) is 8.04. The number of carbonyl (C=O) groups excluding carboxylic acids is 3. The highest BCUT2D eigenvalue weighted by Gasteiger charge is 2.15. The molecule has 0 bridgehead atoms. The number of nitrogens with one attached hydrogen (secondary N) is 1. The van der Waals surface area contributed by atoms with Crippen LogP contribution in [0.4, 0.5) is 5.69 Å². The molecule has 114 valence electrons. The van der Waals surface area contributed by atoms with Gasteiger partial charge in [-0.1, -0.05) is 6.07 Å². The van der Waals surface area contributed by atoms with Crippen molar-refractivity contribution in [1.82, 2.24) is 0 Å². The summed E-state index contributed by atoms with van der Waals surface area (Å²) in [5.41, 5.74) is 1.53. The second-order valence-corrected chi connectivity index (χ2v) is 4.39. The fraction of sp³-hybridized carbons (Fsp3) is 0.400. The van der Waals surface area contributed by atoms with E-state index in [4.69, 9.17) is 4.74 Å². The number of hydrogen-bond donors (Lipinski definition) is 1. The van der Waals surface area contributed by atoms with Crippen LogP contribution in [-0.2, 0) is 19.1 Å². The molecule has 0 radical (unpaired) electrons. The summed E-state index contributed by atoms with van der Waals surface area (Å²) in [6.45, 7) is 3.83. The van der Waals surface area contributed by atoms with Crippen molar-refractivity contribution < 1.29 is 23.9 Å². The molecule has 0 saturated carbocycles. The minimum atomic E-state index is -0.532. The van der Waals surface area contributed by atoms with Crippen molar-refractivity contribution in [1.29, 1.82) is 0 Å². The minimum absolute atomic E-state index is 0.000946. The van der Waals surface area contributed by atoms with E-state index in [0.717, 1.165) is 5.56 Å². The lowest BCUT2D eigenvalue weighted by Crippen LogP contribution is -2.17. The number of anilines is 1. The first kappa shape index (κ1) is 16.7. The van der Waals surface area contributed by atoms with E-state index in [1.165, 1.54) is 7.11 Å². The third-order valence-electron chi connectivity index (χ3n) is 2.72. The summed E-state index contributed by atoms with van der Waals surface area (Å²) in [6, 6.07) is 5.01. The first-order chi connectivity index (χ1) is 9.97. The van der Waals surface area contributed by atoms with Crippen molar-refractivity contribution >= 4 is 23.5 Å². The Morgan fingerprint density at radius 2 is 1.90 bits per heavy atom. The van der Waals surface area contributed by atoms with Crippen LogP contribution in [0.5, 0.6) is 0 Å². The summed E-state index contributed by atoms with van der Waals surface area (Å²) in [7, 11) is 1.27. The number of carbonyl (C=O) groups is 3. The Morgan fingerprint density at radius 1 is 1.19 bits per heavy atom. The predicted octanol–water partition coefficient (Wildman–Crippen LogP) is 2.06. The molecule has 1 N–H and O–H groups in total. The van der Waals surface area contributed by atoms with Gasteiger partial charge in [0.05, 0.1) is 31.4 Å². The molecule has 6 nitrogen and oxygen atoms in total. The summed E-state index contributed by atoms with van der Waals surface area (Å²) < 4.78 is 9.41. The van der Waals surface area contributed by atoms with Crippen LogP contribution >= 0.6 is 0 Å². The highest BCUT2D eigenvalue weighted by atomic mass is 16.5. The van der Waals surface area contributed by atoms with Crippen molar-refractivity contribution in [2.75, 3.05) is 19.0 Å². The topological polar surface area (TPSA) is 81.7 Å². The number of hydrogen-bond acceptors (Lipinski definition) is 5. The molecule has 21 heavy (non-hydrogen) atoms. The number of esters is 2. The summed E-state index contributed by atoms with van der Waals surface area (Å²) >= 11 is 0. The van der Waals surface area contributed by atoms with Crippen LogP contribution in [-0.4, -0.2) is 31.6 Å². The summed E-state index contributed by atoms with van der Waals surface area (Å²) in [4.78, 5) is 34.7. The third kappa shape index (κ3) is 5.25. The Bertz CT molecular complexity index is 539. The molecule has 0 aliphatic rings. The van der Waals surface area contributed by atoms with Crippen molar-refractivity contribution in [3.63, 3.8) is 0 Å². The van der Waals surface area contributed by atoms with E-state index in [1.807, 2.05) is 6.92 Å². The molecule has 0 aromatic heterocycles. The van der Waals surface area contributed by atoms with Crippen molar-refractivity contribution in [2.24, 2.45) is 0 Å². The maximum absolute atomic E-state index is 11.8. The quantitative estimate of drug-likeness (QED) is 0.812. The van der Waals surface area contributed by atoms with E-state index >= 15 is 0 Å². The molecular weight excluding hydrogens is 274 g/mol. The number of benzene rings is 1. The lowest BCUT2D eigenvalue weighted by atomic mass is 10.1. The Labute approximate surface area is 123 Å². The maximum atomic E-state index is 11.8. The summed E-state index contributed by atoms with van der Waals surface area (Å²) in [6.07, 6.45) is -0.00751. The molecule has 0 fully saturated rings. The molecule has 1 aromatic carbocycles. The van der Waals surface area contributed by atoms with Gasteiger partial charge in [-0.2, -0.15) is 0 Å². The van der Waals surface area contributed by atoms with Crippen LogP contribution in [0, 0.1) is 6.92 Å². The smallest absolute Gasteiger partial charge is 0.339 e. The molecule has 1 rings (SSSR count). The van der Waals surface area contributed by atoms with Crippen LogP contribution < -0.4 is 5.32 Å². The minimum Gasteiger partial charge on any atom is -0.466 e. The fourth-order valence-electron chi connectivity index (χ4n) is 1.71.